The van der Waals surface area contributed by atoms with E-state index in [0.29, 0.717) is 17.8 Å². The number of benzene rings is 2. The van der Waals surface area contributed by atoms with Crippen molar-refractivity contribution in [2.75, 3.05) is 13.7 Å². The molecule has 4 aromatic rings. The highest BCUT2D eigenvalue weighted by Gasteiger charge is 2.34. The first-order valence-electron chi connectivity index (χ1n) is 11.1. The summed E-state index contributed by atoms with van der Waals surface area (Å²) in [6, 6.07) is 18.6. The summed E-state index contributed by atoms with van der Waals surface area (Å²) < 4.78 is 12.2. The quantitative estimate of drug-likeness (QED) is 0.400. The van der Waals surface area contributed by atoms with E-state index in [0.717, 1.165) is 22.6 Å². The topological polar surface area (TPSA) is 98.4 Å². The zero-order chi connectivity index (χ0) is 24.4. The number of hydrogen-bond acceptors (Lipinski definition) is 7. The lowest BCUT2D eigenvalue weighted by Crippen LogP contribution is -2.31. The van der Waals surface area contributed by atoms with Gasteiger partial charge in [0, 0.05) is 18.8 Å². The van der Waals surface area contributed by atoms with Crippen molar-refractivity contribution in [2.24, 2.45) is 5.10 Å². The third-order valence-electron chi connectivity index (χ3n) is 5.87. The van der Waals surface area contributed by atoms with Gasteiger partial charge < -0.3 is 9.47 Å². The fourth-order valence-electron chi connectivity index (χ4n) is 4.13. The Bertz CT molecular complexity index is 1410. The number of fused-ring (bicyclic) bond motifs is 1. The Balaban J connectivity index is 1.38. The molecule has 0 fully saturated rings. The Morgan fingerprint density at radius 3 is 2.57 bits per heavy atom. The van der Waals surface area contributed by atoms with Gasteiger partial charge in [-0.1, -0.05) is 42.5 Å². The van der Waals surface area contributed by atoms with Crippen molar-refractivity contribution in [3.8, 4) is 5.75 Å². The number of hydrazone groups is 1. The second-order valence-electron chi connectivity index (χ2n) is 8.07. The smallest absolute Gasteiger partial charge is 0.344 e. The predicted molar refractivity (Wildman–Crippen MR) is 128 cm³/mol. The molecule has 3 heterocycles. The van der Waals surface area contributed by atoms with Gasteiger partial charge in [-0.25, -0.2) is 19.3 Å². The lowest BCUT2D eigenvalue weighted by Gasteiger charge is -2.22. The molecule has 9 heteroatoms. The highest BCUT2D eigenvalue weighted by molar-refractivity contribution is 6.03. The number of carbonyl (C=O) groups is 2. The molecule has 9 nitrogen and oxygen atoms in total. The van der Waals surface area contributed by atoms with Crippen LogP contribution in [0.4, 0.5) is 0 Å². The normalized spacial score (nSPS) is 15.2. The molecule has 2 aromatic heterocycles. The number of nitrogens with zero attached hydrogens (tertiary/aromatic N) is 5. The van der Waals surface area contributed by atoms with E-state index in [2.05, 4.69) is 15.2 Å². The molecule has 2 aromatic carbocycles. The largest absolute Gasteiger partial charge is 0.497 e. The van der Waals surface area contributed by atoms with Crippen LogP contribution in [0.2, 0.25) is 0 Å². The average Bonchev–Trinajstić information content (AvgIpc) is 3.49. The number of hydrogen-bond donors (Lipinski definition) is 0. The fraction of sp³-hybridized carbons (Fsp3) is 0.192. The summed E-state index contributed by atoms with van der Waals surface area (Å²) in [5, 5.41) is 10.3. The van der Waals surface area contributed by atoms with Crippen molar-refractivity contribution < 1.29 is 19.1 Å². The molecule has 0 aliphatic carbocycles. The maximum absolute atomic E-state index is 13.2. The van der Waals surface area contributed by atoms with Crippen LogP contribution >= 0.6 is 0 Å². The Morgan fingerprint density at radius 2 is 1.83 bits per heavy atom. The number of methoxy groups -OCH3 is 1. The molecular formula is C26H23N5O4. The second-order valence-corrected chi connectivity index (χ2v) is 8.07. The summed E-state index contributed by atoms with van der Waals surface area (Å²) in [7, 11) is 1.60. The molecule has 35 heavy (non-hydrogen) atoms. The third kappa shape index (κ3) is 4.35. The van der Waals surface area contributed by atoms with Crippen molar-refractivity contribution in [1.29, 1.82) is 0 Å². The van der Waals surface area contributed by atoms with Crippen molar-refractivity contribution >= 4 is 23.2 Å². The Hall–Kier alpha value is -4.53. The minimum atomic E-state index is -0.656. The van der Waals surface area contributed by atoms with Crippen LogP contribution in [0.25, 0.3) is 5.65 Å². The van der Waals surface area contributed by atoms with Gasteiger partial charge in [0.2, 0.25) is 0 Å². The van der Waals surface area contributed by atoms with E-state index in [1.54, 1.807) is 32.5 Å². The van der Waals surface area contributed by atoms with Crippen LogP contribution in [0.1, 0.15) is 39.6 Å². The van der Waals surface area contributed by atoms with Crippen molar-refractivity contribution in [3.63, 3.8) is 0 Å². The minimum Gasteiger partial charge on any atom is -0.497 e. The molecule has 1 amide bonds. The first kappa shape index (κ1) is 22.3. The minimum absolute atomic E-state index is 0.236. The molecule has 0 saturated carbocycles. The van der Waals surface area contributed by atoms with Crippen molar-refractivity contribution in [2.45, 2.75) is 19.4 Å². The molecule has 1 atom stereocenters. The standard InChI is InChI=1S/C26H23N5O4/c1-17-24(25-27-13-6-14-30(25)28-17)26(33)35-16-23(32)31-22(19-9-11-20(34-2)12-10-19)15-21(29-31)18-7-4-3-5-8-18/h3-14,22H,15-16H2,1-2H3. The number of carbonyl (C=O) groups excluding carboxylic acids is 2. The summed E-state index contributed by atoms with van der Waals surface area (Å²) >= 11 is 0. The molecule has 176 valence electrons. The van der Waals surface area contributed by atoms with E-state index in [1.165, 1.54) is 9.52 Å². The summed E-state index contributed by atoms with van der Waals surface area (Å²) in [6.45, 7) is 1.24. The first-order valence-corrected chi connectivity index (χ1v) is 11.1. The van der Waals surface area contributed by atoms with Crippen LogP contribution < -0.4 is 4.74 Å². The van der Waals surface area contributed by atoms with Crippen LogP contribution in [0.15, 0.2) is 78.2 Å². The zero-order valence-electron chi connectivity index (χ0n) is 19.3. The molecule has 0 bridgehead atoms. The highest BCUT2D eigenvalue weighted by Crippen LogP contribution is 2.33. The fourth-order valence-corrected chi connectivity index (χ4v) is 4.13. The van der Waals surface area contributed by atoms with Gasteiger partial charge in [0.25, 0.3) is 5.91 Å². The van der Waals surface area contributed by atoms with E-state index in [-0.39, 0.29) is 11.6 Å². The van der Waals surface area contributed by atoms with E-state index in [4.69, 9.17) is 9.47 Å². The van der Waals surface area contributed by atoms with E-state index in [1.807, 2.05) is 54.6 Å². The molecule has 5 rings (SSSR count). The van der Waals surface area contributed by atoms with E-state index < -0.39 is 18.5 Å². The van der Waals surface area contributed by atoms with Crippen LogP contribution in [0.5, 0.6) is 5.75 Å². The monoisotopic (exact) mass is 469 g/mol. The lowest BCUT2D eigenvalue weighted by molar-refractivity contribution is -0.136. The molecule has 0 radical (unpaired) electrons. The predicted octanol–water partition coefficient (Wildman–Crippen LogP) is 3.58. The molecular weight excluding hydrogens is 446 g/mol. The van der Waals surface area contributed by atoms with Crippen LogP contribution in [0, 0.1) is 6.92 Å². The second kappa shape index (κ2) is 9.38. The van der Waals surface area contributed by atoms with Gasteiger partial charge in [-0.3, -0.25) is 4.79 Å². The van der Waals surface area contributed by atoms with Gasteiger partial charge in [0.15, 0.2) is 12.3 Å². The molecule has 0 N–H and O–H groups in total. The van der Waals surface area contributed by atoms with E-state index >= 15 is 0 Å². The summed E-state index contributed by atoms with van der Waals surface area (Å²) in [5.41, 5.74) is 3.72. The number of rotatable bonds is 6. The highest BCUT2D eigenvalue weighted by atomic mass is 16.5. The molecule has 0 saturated heterocycles. The Labute approximate surface area is 201 Å². The first-order chi connectivity index (χ1) is 17.0. The maximum Gasteiger partial charge on any atom is 0.344 e. The van der Waals surface area contributed by atoms with Crippen LogP contribution in [-0.4, -0.2) is 50.9 Å². The Morgan fingerprint density at radius 1 is 1.06 bits per heavy atom. The molecule has 1 aliphatic heterocycles. The summed E-state index contributed by atoms with van der Waals surface area (Å²) in [5.74, 6) is -0.357. The van der Waals surface area contributed by atoms with Gasteiger partial charge >= 0.3 is 5.97 Å². The third-order valence-corrected chi connectivity index (χ3v) is 5.87. The number of aromatic nitrogens is 3. The number of ether oxygens (including phenoxy) is 2. The number of aryl methyl sites for hydroxylation is 1. The van der Waals surface area contributed by atoms with E-state index in [9.17, 15) is 9.59 Å². The SMILES string of the molecule is COc1ccc(C2CC(c3ccccc3)=NN2C(=O)COC(=O)c2c(C)nn3cccnc23)cc1. The lowest BCUT2D eigenvalue weighted by atomic mass is 9.98. The summed E-state index contributed by atoms with van der Waals surface area (Å²) in [6.07, 6.45) is 3.80. The molecule has 1 unspecified atom stereocenters. The van der Waals surface area contributed by atoms with Gasteiger partial charge in [-0.05, 0) is 36.2 Å². The zero-order valence-corrected chi connectivity index (χ0v) is 19.3. The van der Waals surface area contributed by atoms with Gasteiger partial charge in [0.05, 0.1) is 24.6 Å². The molecule has 1 aliphatic rings. The summed E-state index contributed by atoms with van der Waals surface area (Å²) in [4.78, 5) is 30.3. The number of esters is 1. The Kier molecular flexibility index (Phi) is 5.97. The maximum atomic E-state index is 13.2. The molecule has 0 spiro atoms. The average molecular weight is 470 g/mol. The van der Waals surface area contributed by atoms with Crippen LogP contribution in [-0.2, 0) is 9.53 Å². The van der Waals surface area contributed by atoms with Crippen molar-refractivity contribution in [3.05, 3.63) is 95.4 Å². The number of amides is 1. The van der Waals surface area contributed by atoms with Gasteiger partial charge in [-0.2, -0.15) is 10.2 Å². The van der Waals surface area contributed by atoms with Crippen molar-refractivity contribution in [1.82, 2.24) is 19.6 Å². The van der Waals surface area contributed by atoms with Gasteiger partial charge in [-0.15, -0.1) is 0 Å². The van der Waals surface area contributed by atoms with Crippen LogP contribution in [0.3, 0.4) is 0 Å². The van der Waals surface area contributed by atoms with Gasteiger partial charge in [0.1, 0.15) is 11.3 Å².